The molecule has 17 heavy (non-hydrogen) atoms. The van der Waals surface area contributed by atoms with Crippen LogP contribution in [-0.4, -0.2) is 20.6 Å². The van der Waals surface area contributed by atoms with Crippen molar-refractivity contribution in [3.05, 3.63) is 24.3 Å². The van der Waals surface area contributed by atoms with E-state index in [0.717, 1.165) is 30.2 Å². The molecular weight excluding hydrogens is 212 g/mol. The Labute approximate surface area is 101 Å². The van der Waals surface area contributed by atoms with Gasteiger partial charge in [-0.3, -0.25) is 4.98 Å². The van der Waals surface area contributed by atoms with Gasteiger partial charge in [0, 0.05) is 25.2 Å². The van der Waals surface area contributed by atoms with E-state index in [2.05, 4.69) is 21.5 Å². The Hall–Kier alpha value is -1.42. The quantitative estimate of drug-likeness (QED) is 0.870. The molecule has 0 spiro atoms. The van der Waals surface area contributed by atoms with E-state index in [1.165, 1.54) is 18.4 Å². The van der Waals surface area contributed by atoms with Crippen LogP contribution in [0.2, 0.25) is 0 Å². The van der Waals surface area contributed by atoms with E-state index in [1.807, 2.05) is 18.5 Å². The smallest absolute Gasteiger partial charge is 0.111 e. The van der Waals surface area contributed by atoms with Gasteiger partial charge >= 0.3 is 0 Å². The fourth-order valence-electron chi connectivity index (χ4n) is 2.44. The molecule has 1 fully saturated rings. The highest BCUT2D eigenvalue weighted by atomic mass is 15.1. The van der Waals surface area contributed by atoms with Crippen molar-refractivity contribution in [3.63, 3.8) is 0 Å². The summed E-state index contributed by atoms with van der Waals surface area (Å²) in [4.78, 5) is 8.78. The molecule has 4 heteroatoms. The number of aryl methyl sites for hydroxylation is 1. The molecule has 3 rings (SSSR count). The second-order valence-electron chi connectivity index (χ2n) is 4.84. The maximum Gasteiger partial charge on any atom is 0.111 e. The molecule has 0 amide bonds. The molecule has 1 saturated carbocycles. The number of hydrogen-bond donors (Lipinski definition) is 1. The average Bonchev–Trinajstić information content (AvgIpc) is 3.11. The molecule has 0 aromatic carbocycles. The first-order valence-corrected chi connectivity index (χ1v) is 6.34. The lowest BCUT2D eigenvalue weighted by atomic mass is 10.1. The van der Waals surface area contributed by atoms with E-state index in [9.17, 15) is 0 Å². The number of aromatic nitrogens is 3. The maximum atomic E-state index is 6.19. The second kappa shape index (κ2) is 4.11. The zero-order valence-corrected chi connectivity index (χ0v) is 10.1. The van der Waals surface area contributed by atoms with Crippen molar-refractivity contribution in [1.29, 1.82) is 0 Å². The Morgan fingerprint density at radius 3 is 3.06 bits per heavy atom. The van der Waals surface area contributed by atoms with Crippen molar-refractivity contribution in [2.24, 2.45) is 11.7 Å². The van der Waals surface area contributed by atoms with Crippen LogP contribution in [0, 0.1) is 5.92 Å². The zero-order valence-electron chi connectivity index (χ0n) is 10.1. The Kier molecular flexibility index (Phi) is 2.59. The molecule has 1 unspecified atom stereocenters. The van der Waals surface area contributed by atoms with Crippen LogP contribution >= 0.6 is 0 Å². The highest BCUT2D eigenvalue weighted by Gasteiger charge is 2.29. The molecule has 0 aliphatic heterocycles. The largest absolute Gasteiger partial charge is 0.328 e. The SMILES string of the molecule is CCn1c(CC(N)C2CC2)nc2cnccc21. The van der Waals surface area contributed by atoms with E-state index in [-0.39, 0.29) is 6.04 Å². The normalized spacial score (nSPS) is 17.5. The van der Waals surface area contributed by atoms with Crippen LogP contribution in [-0.2, 0) is 13.0 Å². The minimum atomic E-state index is 0.269. The van der Waals surface area contributed by atoms with Crippen molar-refractivity contribution in [2.75, 3.05) is 0 Å². The van der Waals surface area contributed by atoms with Crippen LogP contribution in [0.4, 0.5) is 0 Å². The highest BCUT2D eigenvalue weighted by Crippen LogP contribution is 2.33. The van der Waals surface area contributed by atoms with E-state index >= 15 is 0 Å². The minimum absolute atomic E-state index is 0.269. The third-order valence-corrected chi connectivity index (χ3v) is 3.59. The second-order valence-corrected chi connectivity index (χ2v) is 4.84. The highest BCUT2D eigenvalue weighted by molar-refractivity contribution is 5.74. The van der Waals surface area contributed by atoms with Gasteiger partial charge in [-0.2, -0.15) is 0 Å². The first-order chi connectivity index (χ1) is 8.29. The molecule has 2 heterocycles. The van der Waals surface area contributed by atoms with Crippen LogP contribution in [0.15, 0.2) is 18.5 Å². The molecule has 0 saturated heterocycles. The number of hydrogen-bond acceptors (Lipinski definition) is 3. The lowest BCUT2D eigenvalue weighted by molar-refractivity contribution is 0.557. The third kappa shape index (κ3) is 1.93. The lowest BCUT2D eigenvalue weighted by Gasteiger charge is -2.11. The molecule has 4 nitrogen and oxygen atoms in total. The first-order valence-electron chi connectivity index (χ1n) is 6.34. The topological polar surface area (TPSA) is 56.7 Å². The van der Waals surface area contributed by atoms with Gasteiger partial charge in [-0.05, 0) is 31.7 Å². The first kappa shape index (κ1) is 10.7. The number of rotatable bonds is 4. The predicted molar refractivity (Wildman–Crippen MR) is 67.6 cm³/mol. The average molecular weight is 230 g/mol. The summed E-state index contributed by atoms with van der Waals surface area (Å²) >= 11 is 0. The number of fused-ring (bicyclic) bond motifs is 1. The van der Waals surface area contributed by atoms with Crippen molar-refractivity contribution in [1.82, 2.24) is 14.5 Å². The van der Waals surface area contributed by atoms with Crippen molar-refractivity contribution < 1.29 is 0 Å². The van der Waals surface area contributed by atoms with Gasteiger partial charge in [0.15, 0.2) is 0 Å². The monoisotopic (exact) mass is 230 g/mol. The summed E-state index contributed by atoms with van der Waals surface area (Å²) in [7, 11) is 0. The molecule has 0 bridgehead atoms. The van der Waals surface area contributed by atoms with E-state index in [4.69, 9.17) is 5.73 Å². The number of nitrogens with two attached hydrogens (primary N) is 1. The predicted octanol–water partition coefficient (Wildman–Crippen LogP) is 1.73. The standard InChI is InChI=1S/C13H18N4/c1-2-17-12-5-6-15-8-11(12)16-13(17)7-10(14)9-3-4-9/h5-6,8-10H,2-4,7,14H2,1H3. The zero-order chi connectivity index (χ0) is 11.8. The summed E-state index contributed by atoms with van der Waals surface area (Å²) in [5.74, 6) is 1.83. The van der Waals surface area contributed by atoms with Crippen LogP contribution < -0.4 is 5.73 Å². The van der Waals surface area contributed by atoms with Gasteiger partial charge in [-0.1, -0.05) is 0 Å². The van der Waals surface area contributed by atoms with E-state index < -0.39 is 0 Å². The molecule has 2 aromatic rings. The van der Waals surface area contributed by atoms with E-state index in [0.29, 0.717) is 0 Å². The van der Waals surface area contributed by atoms with Crippen LogP contribution in [0.5, 0.6) is 0 Å². The van der Waals surface area contributed by atoms with Crippen LogP contribution in [0.25, 0.3) is 11.0 Å². The van der Waals surface area contributed by atoms with Gasteiger partial charge in [0.2, 0.25) is 0 Å². The fourth-order valence-corrected chi connectivity index (χ4v) is 2.44. The van der Waals surface area contributed by atoms with Crippen molar-refractivity contribution in [3.8, 4) is 0 Å². The summed E-state index contributed by atoms with van der Waals surface area (Å²) in [6.45, 7) is 3.08. The Morgan fingerprint density at radius 1 is 1.53 bits per heavy atom. The molecule has 1 aliphatic rings. The Morgan fingerprint density at radius 2 is 2.35 bits per heavy atom. The Balaban J connectivity index is 1.96. The van der Waals surface area contributed by atoms with Crippen molar-refractivity contribution in [2.45, 2.75) is 38.8 Å². The van der Waals surface area contributed by atoms with Gasteiger partial charge in [0.1, 0.15) is 11.3 Å². The molecule has 0 radical (unpaired) electrons. The third-order valence-electron chi connectivity index (χ3n) is 3.59. The Bertz CT molecular complexity index is 527. The number of nitrogens with zero attached hydrogens (tertiary/aromatic N) is 3. The number of imidazole rings is 1. The maximum absolute atomic E-state index is 6.19. The fraction of sp³-hybridized carbons (Fsp3) is 0.538. The molecule has 2 N–H and O–H groups in total. The van der Waals surface area contributed by atoms with Gasteiger partial charge in [0.05, 0.1) is 11.7 Å². The number of pyridine rings is 1. The van der Waals surface area contributed by atoms with Crippen LogP contribution in [0.3, 0.4) is 0 Å². The van der Waals surface area contributed by atoms with Crippen molar-refractivity contribution >= 4 is 11.0 Å². The van der Waals surface area contributed by atoms with Crippen LogP contribution in [0.1, 0.15) is 25.6 Å². The molecule has 2 aromatic heterocycles. The molecular formula is C13H18N4. The van der Waals surface area contributed by atoms with Gasteiger partial charge in [-0.25, -0.2) is 4.98 Å². The van der Waals surface area contributed by atoms with Gasteiger partial charge in [0.25, 0.3) is 0 Å². The van der Waals surface area contributed by atoms with Gasteiger partial charge in [-0.15, -0.1) is 0 Å². The summed E-state index contributed by atoms with van der Waals surface area (Å²) in [5.41, 5.74) is 8.33. The lowest BCUT2D eigenvalue weighted by Crippen LogP contribution is -2.26. The molecule has 1 aliphatic carbocycles. The minimum Gasteiger partial charge on any atom is -0.328 e. The summed E-state index contributed by atoms with van der Waals surface area (Å²) in [6, 6.07) is 2.29. The van der Waals surface area contributed by atoms with E-state index in [1.54, 1.807) is 0 Å². The summed E-state index contributed by atoms with van der Waals surface area (Å²) < 4.78 is 2.25. The molecule has 90 valence electrons. The summed E-state index contributed by atoms with van der Waals surface area (Å²) in [5, 5.41) is 0. The summed E-state index contributed by atoms with van der Waals surface area (Å²) in [6.07, 6.45) is 7.10. The van der Waals surface area contributed by atoms with Gasteiger partial charge < -0.3 is 10.3 Å². The molecule has 1 atom stereocenters.